The smallest absolute Gasteiger partial charge is 0.0588 e. The van der Waals surface area contributed by atoms with Crippen molar-refractivity contribution < 1.29 is 5.11 Å². The number of rotatable bonds is 3. The van der Waals surface area contributed by atoms with Crippen LogP contribution in [0.25, 0.3) is 0 Å². The normalized spacial score (nSPS) is 18.2. The zero-order chi connectivity index (χ0) is 7.28. The summed E-state index contributed by atoms with van der Waals surface area (Å²) in [6.07, 6.45) is 3.93. The minimum Gasteiger partial charge on any atom is -0.395 e. The van der Waals surface area contributed by atoms with Crippen LogP contribution in [0.1, 0.15) is 13.8 Å². The molecule has 0 spiro atoms. The second-order valence-electron chi connectivity index (χ2n) is 2.23. The number of aliphatic hydroxyl groups is 1. The first kappa shape index (κ1) is 8.66. The molecule has 3 N–H and O–H groups in total. The summed E-state index contributed by atoms with van der Waals surface area (Å²) in [5, 5.41) is 8.57. The predicted octanol–water partition coefficient (Wildman–Crippen LogP) is 0.518. The van der Waals surface area contributed by atoms with E-state index in [0.717, 1.165) is 0 Å². The molecule has 54 valence electrons. The summed E-state index contributed by atoms with van der Waals surface area (Å²) in [6, 6.07) is -0.110. The quantitative estimate of drug-likeness (QED) is 0.546. The van der Waals surface area contributed by atoms with Gasteiger partial charge in [0.2, 0.25) is 0 Å². The summed E-state index contributed by atoms with van der Waals surface area (Å²) in [7, 11) is 0. The van der Waals surface area contributed by atoms with Gasteiger partial charge in [-0.1, -0.05) is 19.1 Å². The van der Waals surface area contributed by atoms with Crippen molar-refractivity contribution >= 4 is 0 Å². The van der Waals surface area contributed by atoms with Gasteiger partial charge in [0.25, 0.3) is 0 Å². The lowest BCUT2D eigenvalue weighted by Crippen LogP contribution is -2.30. The second kappa shape index (κ2) is 4.53. The van der Waals surface area contributed by atoms with Crippen LogP contribution in [0.2, 0.25) is 0 Å². The Kier molecular flexibility index (Phi) is 4.36. The number of aliphatic hydroxyl groups excluding tert-OH is 1. The molecule has 9 heavy (non-hydrogen) atoms. The molecule has 0 aliphatic rings. The zero-order valence-corrected chi connectivity index (χ0v) is 6.04. The number of hydrogen-bond acceptors (Lipinski definition) is 2. The Morgan fingerprint density at radius 3 is 2.56 bits per heavy atom. The standard InChI is InChI=1S/C7H15NO/c1-3-4-6(2)7(8)5-9/h3-4,6-7,9H,5,8H2,1-2H3/b4-3+. The first-order valence-corrected chi connectivity index (χ1v) is 3.21. The average molecular weight is 129 g/mol. The maximum Gasteiger partial charge on any atom is 0.0588 e. The Labute approximate surface area is 56.4 Å². The lowest BCUT2D eigenvalue weighted by molar-refractivity contribution is 0.246. The molecular weight excluding hydrogens is 114 g/mol. The Balaban J connectivity index is 3.58. The van der Waals surface area contributed by atoms with Gasteiger partial charge in [0.05, 0.1) is 6.61 Å². The van der Waals surface area contributed by atoms with Gasteiger partial charge in [-0.15, -0.1) is 0 Å². The highest BCUT2D eigenvalue weighted by atomic mass is 16.3. The highest BCUT2D eigenvalue weighted by Crippen LogP contribution is 2.00. The monoisotopic (exact) mass is 129 g/mol. The summed E-state index contributed by atoms with van der Waals surface area (Å²) >= 11 is 0. The van der Waals surface area contributed by atoms with E-state index in [1.165, 1.54) is 0 Å². The van der Waals surface area contributed by atoms with Crippen LogP contribution in [-0.4, -0.2) is 17.8 Å². The molecule has 0 radical (unpaired) electrons. The number of nitrogens with two attached hydrogens (primary N) is 1. The molecule has 2 unspecified atom stereocenters. The molecule has 0 aliphatic heterocycles. The van der Waals surface area contributed by atoms with Crippen LogP contribution >= 0.6 is 0 Å². The minimum atomic E-state index is -0.110. The van der Waals surface area contributed by atoms with Crippen molar-refractivity contribution in [2.45, 2.75) is 19.9 Å². The van der Waals surface area contributed by atoms with E-state index in [0.29, 0.717) is 0 Å². The maximum absolute atomic E-state index is 8.57. The first-order chi connectivity index (χ1) is 4.22. The Hall–Kier alpha value is -0.340. The highest BCUT2D eigenvalue weighted by molar-refractivity contribution is 4.88. The largest absolute Gasteiger partial charge is 0.395 e. The average Bonchev–Trinajstić information content (AvgIpc) is 1.87. The van der Waals surface area contributed by atoms with E-state index in [9.17, 15) is 0 Å². The van der Waals surface area contributed by atoms with Gasteiger partial charge in [0.1, 0.15) is 0 Å². The third-order valence-corrected chi connectivity index (χ3v) is 1.38. The molecule has 0 aromatic carbocycles. The lowest BCUT2D eigenvalue weighted by Gasteiger charge is -2.12. The molecule has 0 fully saturated rings. The van der Waals surface area contributed by atoms with Crippen LogP contribution in [0.15, 0.2) is 12.2 Å². The van der Waals surface area contributed by atoms with Crippen LogP contribution in [0.3, 0.4) is 0 Å². The van der Waals surface area contributed by atoms with Crippen molar-refractivity contribution in [2.24, 2.45) is 11.7 Å². The summed E-state index contributed by atoms with van der Waals surface area (Å²) < 4.78 is 0. The van der Waals surface area contributed by atoms with Crippen molar-refractivity contribution in [3.05, 3.63) is 12.2 Å². The van der Waals surface area contributed by atoms with Crippen LogP contribution in [0, 0.1) is 5.92 Å². The predicted molar refractivity (Wildman–Crippen MR) is 39.0 cm³/mol. The van der Waals surface area contributed by atoms with Crippen molar-refractivity contribution in [1.82, 2.24) is 0 Å². The number of hydrogen-bond donors (Lipinski definition) is 2. The van der Waals surface area contributed by atoms with E-state index in [2.05, 4.69) is 0 Å². The lowest BCUT2D eigenvalue weighted by atomic mass is 10.0. The van der Waals surface area contributed by atoms with E-state index < -0.39 is 0 Å². The first-order valence-electron chi connectivity index (χ1n) is 3.21. The van der Waals surface area contributed by atoms with Gasteiger partial charge in [0, 0.05) is 6.04 Å². The molecule has 2 atom stereocenters. The molecular formula is C7H15NO. The Morgan fingerprint density at radius 1 is 1.67 bits per heavy atom. The van der Waals surface area contributed by atoms with Gasteiger partial charge in [-0.05, 0) is 12.8 Å². The van der Waals surface area contributed by atoms with Crippen molar-refractivity contribution in [1.29, 1.82) is 0 Å². The topological polar surface area (TPSA) is 46.2 Å². The van der Waals surface area contributed by atoms with Gasteiger partial charge in [-0.3, -0.25) is 0 Å². The number of allylic oxidation sites excluding steroid dienone is 1. The molecule has 0 rings (SSSR count). The van der Waals surface area contributed by atoms with Gasteiger partial charge in [0.15, 0.2) is 0 Å². The van der Waals surface area contributed by atoms with Crippen LogP contribution in [0.4, 0.5) is 0 Å². The summed E-state index contributed by atoms with van der Waals surface area (Å²) in [5.74, 6) is 0.278. The zero-order valence-electron chi connectivity index (χ0n) is 6.04. The van der Waals surface area contributed by atoms with Gasteiger partial charge < -0.3 is 10.8 Å². The molecule has 2 heteroatoms. The fraction of sp³-hybridized carbons (Fsp3) is 0.714. The summed E-state index contributed by atoms with van der Waals surface area (Å²) in [6.45, 7) is 3.99. The Morgan fingerprint density at radius 2 is 2.22 bits per heavy atom. The highest BCUT2D eigenvalue weighted by Gasteiger charge is 2.05. The molecule has 0 amide bonds. The second-order valence-corrected chi connectivity index (χ2v) is 2.23. The third kappa shape index (κ3) is 3.27. The van der Waals surface area contributed by atoms with Gasteiger partial charge in [-0.25, -0.2) is 0 Å². The van der Waals surface area contributed by atoms with E-state index >= 15 is 0 Å². The van der Waals surface area contributed by atoms with Gasteiger partial charge >= 0.3 is 0 Å². The SMILES string of the molecule is C/C=C/C(C)C(N)CO. The molecule has 0 heterocycles. The van der Waals surface area contributed by atoms with Crippen molar-refractivity contribution in [3.63, 3.8) is 0 Å². The molecule has 0 aliphatic carbocycles. The molecule has 0 saturated heterocycles. The fourth-order valence-corrected chi connectivity index (χ4v) is 0.613. The Bertz CT molecular complexity index is 90.9. The van der Waals surface area contributed by atoms with Crippen LogP contribution in [0.5, 0.6) is 0 Å². The minimum absolute atomic E-state index is 0.0610. The maximum atomic E-state index is 8.57. The molecule has 0 bridgehead atoms. The van der Waals surface area contributed by atoms with Crippen LogP contribution in [-0.2, 0) is 0 Å². The van der Waals surface area contributed by atoms with E-state index in [1.807, 2.05) is 26.0 Å². The van der Waals surface area contributed by atoms with Crippen molar-refractivity contribution in [3.8, 4) is 0 Å². The molecule has 0 saturated carbocycles. The summed E-state index contributed by atoms with van der Waals surface area (Å²) in [4.78, 5) is 0. The molecule has 0 aromatic rings. The van der Waals surface area contributed by atoms with E-state index in [4.69, 9.17) is 10.8 Å². The van der Waals surface area contributed by atoms with Crippen LogP contribution < -0.4 is 5.73 Å². The fourth-order valence-electron chi connectivity index (χ4n) is 0.613. The van der Waals surface area contributed by atoms with Crippen molar-refractivity contribution in [2.75, 3.05) is 6.61 Å². The van der Waals surface area contributed by atoms with E-state index in [1.54, 1.807) is 0 Å². The molecule has 0 aromatic heterocycles. The van der Waals surface area contributed by atoms with E-state index in [-0.39, 0.29) is 18.6 Å². The summed E-state index contributed by atoms with van der Waals surface area (Å²) in [5.41, 5.74) is 5.50. The molecule has 2 nitrogen and oxygen atoms in total. The van der Waals surface area contributed by atoms with Gasteiger partial charge in [-0.2, -0.15) is 0 Å². The third-order valence-electron chi connectivity index (χ3n) is 1.38.